The molecule has 2 heteroatoms. The summed E-state index contributed by atoms with van der Waals surface area (Å²) >= 11 is 0. The zero-order chi connectivity index (χ0) is 11.4. The number of aliphatic hydroxyl groups excluding tert-OH is 1. The summed E-state index contributed by atoms with van der Waals surface area (Å²) in [7, 11) is 0. The first-order valence-corrected chi connectivity index (χ1v) is 5.63. The summed E-state index contributed by atoms with van der Waals surface area (Å²) in [5, 5.41) is 9.66. The number of rotatable bonds is 0. The van der Waals surface area contributed by atoms with Crippen molar-refractivity contribution in [1.82, 2.24) is 0 Å². The van der Waals surface area contributed by atoms with Gasteiger partial charge in [-0.2, -0.15) is 0 Å². The molecule has 0 saturated carbocycles. The van der Waals surface area contributed by atoms with Gasteiger partial charge in [-0.15, -0.1) is 0 Å². The highest BCUT2D eigenvalue weighted by atomic mass is 16.5. The minimum absolute atomic E-state index is 0.324. The van der Waals surface area contributed by atoms with Gasteiger partial charge in [-0.1, -0.05) is 29.5 Å². The highest BCUT2D eigenvalue weighted by molar-refractivity contribution is 5.36. The molecule has 0 radical (unpaired) electrons. The highest BCUT2D eigenvalue weighted by Gasteiger charge is 2.21. The predicted octanol–water partition coefficient (Wildman–Crippen LogP) is 1.89. The van der Waals surface area contributed by atoms with Crippen molar-refractivity contribution in [1.29, 1.82) is 0 Å². The van der Waals surface area contributed by atoms with Gasteiger partial charge in [-0.25, -0.2) is 0 Å². The van der Waals surface area contributed by atoms with Crippen LogP contribution in [0.4, 0.5) is 0 Å². The third kappa shape index (κ3) is 2.85. The van der Waals surface area contributed by atoms with Gasteiger partial charge in [0.25, 0.3) is 0 Å². The van der Waals surface area contributed by atoms with Gasteiger partial charge in [0.1, 0.15) is 6.10 Å². The summed E-state index contributed by atoms with van der Waals surface area (Å²) in [6.45, 7) is 2.75. The van der Waals surface area contributed by atoms with Crippen molar-refractivity contribution in [3.05, 3.63) is 35.4 Å². The van der Waals surface area contributed by atoms with Gasteiger partial charge in [-0.05, 0) is 31.9 Å². The first kappa shape index (κ1) is 11.2. The fraction of sp³-hybridized carbons (Fsp3) is 0.429. The van der Waals surface area contributed by atoms with Crippen LogP contribution in [0.5, 0.6) is 0 Å². The van der Waals surface area contributed by atoms with E-state index in [-0.39, 0.29) is 6.10 Å². The molecule has 1 fully saturated rings. The summed E-state index contributed by atoms with van der Waals surface area (Å²) in [5.41, 5.74) is 2.19. The molecule has 0 aliphatic carbocycles. The lowest BCUT2D eigenvalue weighted by molar-refractivity contribution is -0.0434. The maximum Gasteiger partial charge on any atom is 0.144 e. The zero-order valence-corrected chi connectivity index (χ0v) is 9.44. The maximum atomic E-state index is 9.66. The molecule has 1 aromatic rings. The van der Waals surface area contributed by atoms with Crippen molar-refractivity contribution < 1.29 is 9.84 Å². The molecule has 0 aromatic heterocycles. The lowest BCUT2D eigenvalue weighted by atomic mass is 10.1. The summed E-state index contributed by atoms with van der Waals surface area (Å²) in [4.78, 5) is 0. The Kier molecular flexibility index (Phi) is 3.61. The first-order chi connectivity index (χ1) is 7.75. The molecule has 0 unspecified atom stereocenters. The van der Waals surface area contributed by atoms with Gasteiger partial charge in [0.05, 0.1) is 6.10 Å². The fourth-order valence-electron chi connectivity index (χ4n) is 1.69. The molecule has 16 heavy (non-hydrogen) atoms. The van der Waals surface area contributed by atoms with E-state index >= 15 is 0 Å². The molecule has 1 heterocycles. The van der Waals surface area contributed by atoms with E-state index in [0.717, 1.165) is 18.4 Å². The van der Waals surface area contributed by atoms with Gasteiger partial charge >= 0.3 is 0 Å². The van der Waals surface area contributed by atoms with Crippen LogP contribution in [0, 0.1) is 18.8 Å². The molecular weight excluding hydrogens is 200 g/mol. The minimum atomic E-state index is -0.438. The number of ether oxygens (including phenoxy) is 1. The van der Waals surface area contributed by atoms with E-state index in [2.05, 4.69) is 11.8 Å². The molecule has 1 aliphatic rings. The van der Waals surface area contributed by atoms with E-state index in [1.807, 2.05) is 31.2 Å². The van der Waals surface area contributed by atoms with E-state index in [1.165, 1.54) is 5.56 Å². The quantitative estimate of drug-likeness (QED) is 0.671. The first-order valence-electron chi connectivity index (χ1n) is 5.63. The van der Waals surface area contributed by atoms with Gasteiger partial charge in [0, 0.05) is 12.2 Å². The van der Waals surface area contributed by atoms with Crippen molar-refractivity contribution >= 4 is 0 Å². The van der Waals surface area contributed by atoms with Crippen LogP contribution in [-0.2, 0) is 4.74 Å². The molecule has 84 valence electrons. The molecular formula is C14H16O2. The van der Waals surface area contributed by atoms with E-state index in [0.29, 0.717) is 6.61 Å². The Balaban J connectivity index is 2.05. The monoisotopic (exact) mass is 216 g/mol. The standard InChI is InChI=1S/C14H16O2/c1-11-4-6-12(7-5-11)8-9-14-13(15)3-2-10-16-14/h4-7,13-15H,2-3,10H2,1H3/t13-,14-/m0/s1. The molecule has 0 bridgehead atoms. The Morgan fingerprint density at radius 2 is 2.06 bits per heavy atom. The molecule has 1 N–H and O–H groups in total. The minimum Gasteiger partial charge on any atom is -0.389 e. The normalized spacial score (nSPS) is 24.6. The maximum absolute atomic E-state index is 9.66. The summed E-state index contributed by atoms with van der Waals surface area (Å²) in [6.07, 6.45) is 0.943. The lowest BCUT2D eigenvalue weighted by Crippen LogP contribution is -2.32. The Hall–Kier alpha value is -1.30. The highest BCUT2D eigenvalue weighted by Crippen LogP contribution is 2.13. The molecule has 1 aromatic carbocycles. The molecule has 2 atom stereocenters. The Morgan fingerprint density at radius 1 is 1.31 bits per heavy atom. The van der Waals surface area contributed by atoms with Crippen LogP contribution in [-0.4, -0.2) is 23.9 Å². The van der Waals surface area contributed by atoms with Crippen LogP contribution < -0.4 is 0 Å². The van der Waals surface area contributed by atoms with E-state index in [4.69, 9.17) is 4.74 Å². The number of hydrogen-bond acceptors (Lipinski definition) is 2. The SMILES string of the molecule is Cc1ccc(C#C[C@@H]2OCCC[C@@H]2O)cc1. The summed E-state index contributed by atoms with van der Waals surface area (Å²) in [5.74, 6) is 6.02. The second-order valence-corrected chi connectivity index (χ2v) is 4.14. The average molecular weight is 216 g/mol. The smallest absolute Gasteiger partial charge is 0.144 e. The molecule has 0 spiro atoms. The number of hydrogen-bond donors (Lipinski definition) is 1. The van der Waals surface area contributed by atoms with Crippen molar-refractivity contribution in [2.45, 2.75) is 32.0 Å². The second-order valence-electron chi connectivity index (χ2n) is 4.14. The van der Waals surface area contributed by atoms with Crippen molar-refractivity contribution in [3.63, 3.8) is 0 Å². The van der Waals surface area contributed by atoms with Gasteiger partial charge in [-0.3, -0.25) is 0 Å². The van der Waals surface area contributed by atoms with E-state index in [9.17, 15) is 5.11 Å². The largest absolute Gasteiger partial charge is 0.389 e. The van der Waals surface area contributed by atoms with Crippen molar-refractivity contribution in [2.24, 2.45) is 0 Å². The number of benzene rings is 1. The molecule has 2 rings (SSSR count). The fourth-order valence-corrected chi connectivity index (χ4v) is 1.69. The topological polar surface area (TPSA) is 29.5 Å². The Morgan fingerprint density at radius 3 is 2.75 bits per heavy atom. The van der Waals surface area contributed by atoms with Crippen molar-refractivity contribution in [3.8, 4) is 11.8 Å². The van der Waals surface area contributed by atoms with Crippen LogP contribution in [0.2, 0.25) is 0 Å². The average Bonchev–Trinajstić information content (AvgIpc) is 2.30. The molecule has 0 amide bonds. The van der Waals surface area contributed by atoms with Gasteiger partial charge in [0.2, 0.25) is 0 Å². The third-order valence-electron chi connectivity index (χ3n) is 2.70. The van der Waals surface area contributed by atoms with E-state index < -0.39 is 6.10 Å². The zero-order valence-electron chi connectivity index (χ0n) is 9.44. The molecule has 1 saturated heterocycles. The Labute approximate surface area is 96.3 Å². The van der Waals surface area contributed by atoms with Gasteiger partial charge in [0.15, 0.2) is 0 Å². The van der Waals surface area contributed by atoms with Gasteiger partial charge < -0.3 is 9.84 Å². The van der Waals surface area contributed by atoms with Crippen LogP contribution in [0.3, 0.4) is 0 Å². The third-order valence-corrected chi connectivity index (χ3v) is 2.70. The lowest BCUT2D eigenvalue weighted by Gasteiger charge is -2.23. The van der Waals surface area contributed by atoms with Crippen LogP contribution in [0.15, 0.2) is 24.3 Å². The van der Waals surface area contributed by atoms with Crippen LogP contribution in [0.1, 0.15) is 24.0 Å². The Bertz CT molecular complexity index is 397. The predicted molar refractivity (Wildman–Crippen MR) is 63.0 cm³/mol. The van der Waals surface area contributed by atoms with Crippen LogP contribution in [0.25, 0.3) is 0 Å². The second kappa shape index (κ2) is 5.16. The van der Waals surface area contributed by atoms with Crippen molar-refractivity contribution in [2.75, 3.05) is 6.61 Å². The summed E-state index contributed by atoms with van der Waals surface area (Å²) < 4.78 is 5.41. The van der Waals surface area contributed by atoms with Crippen LogP contribution >= 0.6 is 0 Å². The van der Waals surface area contributed by atoms with E-state index in [1.54, 1.807) is 0 Å². The molecule has 2 nitrogen and oxygen atoms in total. The number of aliphatic hydroxyl groups is 1. The summed E-state index contributed by atoms with van der Waals surface area (Å²) in [6, 6.07) is 8.03. The number of aryl methyl sites for hydroxylation is 1. The molecule has 1 aliphatic heterocycles.